The van der Waals surface area contributed by atoms with Gasteiger partial charge in [0.2, 0.25) is 5.78 Å². The van der Waals surface area contributed by atoms with Crippen molar-refractivity contribution in [2.45, 2.75) is 6.92 Å². The Labute approximate surface area is 137 Å². The number of rotatable bonds is 2. The predicted octanol–water partition coefficient (Wildman–Crippen LogP) is 3.68. The number of Topliss-reactive ketones (excluding diaryl/α,β-unsaturated/α-hetero) is 1. The zero-order chi connectivity index (χ0) is 16.7. The van der Waals surface area contributed by atoms with E-state index < -0.39 is 0 Å². The van der Waals surface area contributed by atoms with Crippen molar-refractivity contribution in [3.8, 4) is 23.0 Å². The second kappa shape index (κ2) is 5.52. The van der Waals surface area contributed by atoms with E-state index in [0.717, 1.165) is 0 Å². The fourth-order valence-electron chi connectivity index (χ4n) is 2.36. The van der Waals surface area contributed by atoms with Gasteiger partial charge < -0.3 is 19.7 Å². The highest BCUT2D eigenvalue weighted by atomic mass is 35.5. The fourth-order valence-corrected chi connectivity index (χ4v) is 2.58. The van der Waals surface area contributed by atoms with Gasteiger partial charge in [0.05, 0.1) is 17.7 Å². The van der Waals surface area contributed by atoms with E-state index in [0.29, 0.717) is 22.4 Å². The van der Waals surface area contributed by atoms with E-state index in [1.54, 1.807) is 6.92 Å². The van der Waals surface area contributed by atoms with Gasteiger partial charge in [-0.15, -0.1) is 0 Å². The number of ether oxygens (including phenoxy) is 2. The van der Waals surface area contributed by atoms with Gasteiger partial charge in [0.1, 0.15) is 11.5 Å². The predicted molar refractivity (Wildman–Crippen MR) is 85.4 cm³/mol. The van der Waals surface area contributed by atoms with Crippen molar-refractivity contribution in [3.63, 3.8) is 0 Å². The summed E-state index contributed by atoms with van der Waals surface area (Å²) in [5, 5.41) is 19.6. The van der Waals surface area contributed by atoms with E-state index in [9.17, 15) is 15.0 Å². The summed E-state index contributed by atoms with van der Waals surface area (Å²) in [6, 6.07) is 6.01. The minimum atomic E-state index is -0.286. The zero-order valence-electron chi connectivity index (χ0n) is 12.4. The number of carbonyl (C=O) groups excluding carboxylic acids is 1. The Morgan fingerprint density at radius 1 is 1.26 bits per heavy atom. The molecule has 23 heavy (non-hydrogen) atoms. The van der Waals surface area contributed by atoms with E-state index in [4.69, 9.17) is 21.1 Å². The van der Waals surface area contributed by atoms with Gasteiger partial charge in [-0.1, -0.05) is 11.6 Å². The maximum absolute atomic E-state index is 12.4. The van der Waals surface area contributed by atoms with E-state index in [1.165, 1.54) is 37.5 Å². The monoisotopic (exact) mass is 332 g/mol. The van der Waals surface area contributed by atoms with Crippen LogP contribution in [0.5, 0.6) is 23.0 Å². The highest BCUT2D eigenvalue weighted by Gasteiger charge is 2.29. The fraction of sp³-hybridized carbons (Fsp3) is 0.118. The molecule has 0 saturated heterocycles. The van der Waals surface area contributed by atoms with Gasteiger partial charge in [0.15, 0.2) is 17.3 Å². The van der Waals surface area contributed by atoms with E-state index in [-0.39, 0.29) is 33.8 Å². The Hall–Kier alpha value is -2.66. The standard InChI is InChI=1S/C17H13ClO5/c1-8-12(19)4-3-10-15(20)14(23-17(8)10)7-9-5-11(18)16(21)13(6-9)22-2/h3-7,19,21H,1-2H3. The van der Waals surface area contributed by atoms with Crippen LogP contribution in [0.3, 0.4) is 0 Å². The van der Waals surface area contributed by atoms with Crippen LogP contribution in [-0.4, -0.2) is 23.1 Å². The second-order valence-corrected chi connectivity index (χ2v) is 5.49. The van der Waals surface area contributed by atoms with E-state index >= 15 is 0 Å². The number of methoxy groups -OCH3 is 1. The number of phenols is 2. The van der Waals surface area contributed by atoms with Crippen molar-refractivity contribution in [2.24, 2.45) is 0 Å². The number of aromatic hydroxyl groups is 2. The molecular weight excluding hydrogens is 320 g/mol. The lowest BCUT2D eigenvalue weighted by atomic mass is 10.1. The Kier molecular flexibility index (Phi) is 3.66. The third-order valence-corrected chi connectivity index (χ3v) is 3.91. The molecule has 0 unspecified atom stereocenters. The molecule has 6 heteroatoms. The number of allylic oxidation sites excluding steroid dienone is 1. The molecule has 0 atom stereocenters. The van der Waals surface area contributed by atoms with E-state index in [2.05, 4.69) is 0 Å². The van der Waals surface area contributed by atoms with Crippen molar-refractivity contribution in [1.29, 1.82) is 0 Å². The molecule has 2 aromatic rings. The normalized spacial score (nSPS) is 14.7. The SMILES string of the molecule is COc1cc(C=C2Oc3c(ccc(O)c3C)C2=O)cc(Cl)c1O. The number of halogens is 1. The van der Waals surface area contributed by atoms with Gasteiger partial charge in [-0.2, -0.15) is 0 Å². The summed E-state index contributed by atoms with van der Waals surface area (Å²) in [5.41, 5.74) is 1.44. The molecule has 0 saturated carbocycles. The van der Waals surface area contributed by atoms with Gasteiger partial charge in [-0.05, 0) is 42.8 Å². The lowest BCUT2D eigenvalue weighted by Crippen LogP contribution is -1.98. The van der Waals surface area contributed by atoms with Crippen LogP contribution in [0.15, 0.2) is 30.0 Å². The molecule has 1 aliphatic rings. The van der Waals surface area contributed by atoms with Crippen LogP contribution < -0.4 is 9.47 Å². The lowest BCUT2D eigenvalue weighted by Gasteiger charge is -2.07. The second-order valence-electron chi connectivity index (χ2n) is 5.08. The zero-order valence-corrected chi connectivity index (χ0v) is 13.1. The molecule has 3 rings (SSSR count). The maximum Gasteiger partial charge on any atom is 0.231 e. The number of hydrogen-bond donors (Lipinski definition) is 2. The number of ketones is 1. The number of benzene rings is 2. The molecule has 118 valence electrons. The van der Waals surface area contributed by atoms with Crippen molar-refractivity contribution in [1.82, 2.24) is 0 Å². The topological polar surface area (TPSA) is 76.0 Å². The Balaban J connectivity index is 2.04. The molecule has 0 radical (unpaired) electrons. The molecule has 0 aliphatic carbocycles. The number of phenolic OH excluding ortho intramolecular Hbond substituents is 2. The number of fused-ring (bicyclic) bond motifs is 1. The lowest BCUT2D eigenvalue weighted by molar-refractivity contribution is 0.101. The Bertz CT molecular complexity index is 855. The summed E-state index contributed by atoms with van der Waals surface area (Å²) in [6.45, 7) is 1.67. The van der Waals surface area contributed by atoms with Gasteiger partial charge in [-0.3, -0.25) is 4.79 Å². The first-order valence-corrected chi connectivity index (χ1v) is 7.13. The first kappa shape index (κ1) is 15.2. The highest BCUT2D eigenvalue weighted by Crippen LogP contribution is 2.40. The summed E-state index contributed by atoms with van der Waals surface area (Å²) >= 11 is 5.94. The molecule has 0 bridgehead atoms. The summed E-state index contributed by atoms with van der Waals surface area (Å²) < 4.78 is 10.6. The van der Waals surface area contributed by atoms with Crippen molar-refractivity contribution >= 4 is 23.5 Å². The summed E-state index contributed by atoms with van der Waals surface area (Å²) in [7, 11) is 1.40. The van der Waals surface area contributed by atoms with Gasteiger partial charge >= 0.3 is 0 Å². The molecule has 0 spiro atoms. The van der Waals surface area contributed by atoms with Crippen LogP contribution in [-0.2, 0) is 0 Å². The molecule has 2 aromatic carbocycles. The van der Waals surface area contributed by atoms with Crippen LogP contribution in [0.1, 0.15) is 21.5 Å². The largest absolute Gasteiger partial charge is 0.508 e. The first-order chi connectivity index (χ1) is 10.9. The minimum absolute atomic E-state index is 0.0622. The molecule has 0 aromatic heterocycles. The summed E-state index contributed by atoms with van der Waals surface area (Å²) in [5.74, 6) is 0.259. The molecular formula is C17H13ClO5. The highest BCUT2D eigenvalue weighted by molar-refractivity contribution is 6.32. The quantitative estimate of drug-likeness (QED) is 0.820. The van der Waals surface area contributed by atoms with E-state index in [1.807, 2.05) is 0 Å². The van der Waals surface area contributed by atoms with Crippen molar-refractivity contribution < 1.29 is 24.5 Å². The third-order valence-electron chi connectivity index (χ3n) is 3.63. The van der Waals surface area contributed by atoms with Crippen LogP contribution in [0.4, 0.5) is 0 Å². The number of hydrogen-bond acceptors (Lipinski definition) is 5. The summed E-state index contributed by atoms with van der Waals surface area (Å²) in [6.07, 6.45) is 1.51. The van der Waals surface area contributed by atoms with Crippen LogP contribution in [0, 0.1) is 6.92 Å². The van der Waals surface area contributed by atoms with Gasteiger partial charge in [0.25, 0.3) is 0 Å². The van der Waals surface area contributed by atoms with Gasteiger partial charge in [0, 0.05) is 5.56 Å². The number of carbonyl (C=O) groups is 1. The maximum atomic E-state index is 12.4. The van der Waals surface area contributed by atoms with Crippen molar-refractivity contribution in [2.75, 3.05) is 7.11 Å². The average molecular weight is 333 g/mol. The molecule has 2 N–H and O–H groups in total. The summed E-state index contributed by atoms with van der Waals surface area (Å²) in [4.78, 5) is 12.4. The molecule has 0 amide bonds. The molecule has 1 aliphatic heterocycles. The minimum Gasteiger partial charge on any atom is -0.508 e. The van der Waals surface area contributed by atoms with Crippen LogP contribution in [0.2, 0.25) is 5.02 Å². The Morgan fingerprint density at radius 3 is 2.70 bits per heavy atom. The molecule has 1 heterocycles. The molecule has 0 fully saturated rings. The van der Waals surface area contributed by atoms with Gasteiger partial charge in [-0.25, -0.2) is 0 Å². The third kappa shape index (κ3) is 2.49. The van der Waals surface area contributed by atoms with Crippen LogP contribution >= 0.6 is 11.6 Å². The average Bonchev–Trinajstić information content (AvgIpc) is 2.84. The molecule has 5 nitrogen and oxygen atoms in total. The Morgan fingerprint density at radius 2 is 2.00 bits per heavy atom. The first-order valence-electron chi connectivity index (χ1n) is 6.75. The smallest absolute Gasteiger partial charge is 0.231 e. The van der Waals surface area contributed by atoms with Crippen LogP contribution in [0.25, 0.3) is 6.08 Å². The van der Waals surface area contributed by atoms with Crippen molar-refractivity contribution in [3.05, 3.63) is 51.7 Å².